The molecule has 0 spiro atoms. The SMILES string of the molecule is CCOC(=O)c1c(O)c2ncc(Cc3ccc(F)cc3)cc2n(CC(=O)N2CCOCC2)c1=O. The van der Waals surface area contributed by atoms with Gasteiger partial charge in [-0.3, -0.25) is 19.1 Å². The maximum Gasteiger partial charge on any atom is 0.347 e. The van der Waals surface area contributed by atoms with Crippen molar-refractivity contribution in [3.8, 4) is 5.75 Å². The minimum Gasteiger partial charge on any atom is -0.505 e. The van der Waals surface area contributed by atoms with Crippen LogP contribution in [-0.4, -0.2) is 64.3 Å². The first-order valence-corrected chi connectivity index (χ1v) is 10.9. The Hall–Kier alpha value is -3.79. The van der Waals surface area contributed by atoms with E-state index in [0.29, 0.717) is 38.3 Å². The predicted octanol–water partition coefficient (Wildman–Crippen LogP) is 1.87. The Labute approximate surface area is 194 Å². The number of esters is 1. The van der Waals surface area contributed by atoms with Crippen molar-refractivity contribution in [1.29, 1.82) is 0 Å². The van der Waals surface area contributed by atoms with Crippen LogP contribution in [0, 0.1) is 5.82 Å². The summed E-state index contributed by atoms with van der Waals surface area (Å²) in [6.07, 6.45) is 1.88. The molecule has 10 heteroatoms. The summed E-state index contributed by atoms with van der Waals surface area (Å²) in [5.41, 5.74) is 0.285. The topological polar surface area (TPSA) is 111 Å². The molecule has 0 atom stereocenters. The number of rotatable bonds is 6. The molecule has 0 radical (unpaired) electrons. The minimum atomic E-state index is -0.989. The number of aromatic nitrogens is 2. The number of hydrogen-bond donors (Lipinski definition) is 1. The number of halogens is 1. The van der Waals surface area contributed by atoms with Crippen LogP contribution in [0.4, 0.5) is 4.39 Å². The number of nitrogens with zero attached hydrogens (tertiary/aromatic N) is 3. The molecule has 0 unspecified atom stereocenters. The highest BCUT2D eigenvalue weighted by atomic mass is 19.1. The molecule has 34 heavy (non-hydrogen) atoms. The Bertz CT molecular complexity index is 1280. The fraction of sp³-hybridized carbons (Fsp3) is 0.333. The Kier molecular flexibility index (Phi) is 6.87. The average Bonchev–Trinajstić information content (AvgIpc) is 2.84. The van der Waals surface area contributed by atoms with Gasteiger partial charge in [0.05, 0.1) is 25.3 Å². The average molecular weight is 469 g/mol. The van der Waals surface area contributed by atoms with Crippen molar-refractivity contribution in [3.63, 3.8) is 0 Å². The second-order valence-corrected chi connectivity index (χ2v) is 7.84. The van der Waals surface area contributed by atoms with Crippen molar-refractivity contribution >= 4 is 22.9 Å². The summed E-state index contributed by atoms with van der Waals surface area (Å²) >= 11 is 0. The number of pyridine rings is 2. The Morgan fingerprint density at radius 1 is 1.18 bits per heavy atom. The number of morpholine rings is 1. The van der Waals surface area contributed by atoms with Crippen LogP contribution in [0.2, 0.25) is 0 Å². The number of carbonyl (C=O) groups excluding carboxylic acids is 2. The fourth-order valence-corrected chi connectivity index (χ4v) is 3.87. The lowest BCUT2D eigenvalue weighted by Crippen LogP contribution is -2.43. The third-order valence-corrected chi connectivity index (χ3v) is 5.59. The standard InChI is InChI=1S/C24H24FN3O6/c1-2-34-24(32)20-22(30)21-18(12-16(13-26-21)11-15-3-5-17(25)6-4-15)28(23(20)31)14-19(29)27-7-9-33-10-8-27/h3-6,12-13,30H,2,7-11,14H2,1H3. The summed E-state index contributed by atoms with van der Waals surface area (Å²) in [6.45, 7) is 2.82. The zero-order chi connectivity index (χ0) is 24.2. The lowest BCUT2D eigenvalue weighted by Gasteiger charge is -2.27. The lowest BCUT2D eigenvalue weighted by atomic mass is 10.1. The molecule has 0 saturated carbocycles. The van der Waals surface area contributed by atoms with E-state index in [2.05, 4.69) is 4.98 Å². The van der Waals surface area contributed by atoms with Crippen LogP contribution in [0.25, 0.3) is 11.0 Å². The molecule has 0 aliphatic carbocycles. The largest absolute Gasteiger partial charge is 0.505 e. The number of aromatic hydroxyl groups is 1. The van der Waals surface area contributed by atoms with E-state index >= 15 is 0 Å². The van der Waals surface area contributed by atoms with E-state index in [4.69, 9.17) is 9.47 Å². The van der Waals surface area contributed by atoms with Crippen LogP contribution >= 0.6 is 0 Å². The van der Waals surface area contributed by atoms with Crippen molar-refractivity contribution < 1.29 is 28.6 Å². The van der Waals surface area contributed by atoms with Gasteiger partial charge >= 0.3 is 5.97 Å². The molecule has 1 aromatic carbocycles. The van der Waals surface area contributed by atoms with Gasteiger partial charge in [0.2, 0.25) is 5.91 Å². The van der Waals surface area contributed by atoms with Gasteiger partial charge in [-0.2, -0.15) is 0 Å². The minimum absolute atomic E-state index is 0.000265. The van der Waals surface area contributed by atoms with Crippen molar-refractivity contribution in [2.75, 3.05) is 32.9 Å². The van der Waals surface area contributed by atoms with Gasteiger partial charge in [0.15, 0.2) is 11.3 Å². The van der Waals surface area contributed by atoms with Crippen LogP contribution in [0.1, 0.15) is 28.4 Å². The molecule has 3 heterocycles. The summed E-state index contributed by atoms with van der Waals surface area (Å²) in [6, 6.07) is 7.59. The summed E-state index contributed by atoms with van der Waals surface area (Å²) in [5.74, 6) is -2.26. The van der Waals surface area contributed by atoms with Crippen LogP contribution in [-0.2, 0) is 27.2 Å². The van der Waals surface area contributed by atoms with E-state index in [1.54, 1.807) is 30.0 Å². The number of carbonyl (C=O) groups is 2. The van der Waals surface area contributed by atoms with E-state index in [9.17, 15) is 23.9 Å². The van der Waals surface area contributed by atoms with Gasteiger partial charge in [-0.05, 0) is 42.7 Å². The summed E-state index contributed by atoms with van der Waals surface area (Å²) in [5, 5.41) is 10.7. The van der Waals surface area contributed by atoms with Crippen molar-refractivity contribution in [1.82, 2.24) is 14.5 Å². The first-order valence-electron chi connectivity index (χ1n) is 10.9. The van der Waals surface area contributed by atoms with Gasteiger partial charge in [-0.1, -0.05) is 12.1 Å². The maximum atomic E-state index is 13.3. The number of ether oxygens (including phenoxy) is 2. The number of amides is 1. The molecular formula is C24H24FN3O6. The molecule has 1 fully saturated rings. The zero-order valence-electron chi connectivity index (χ0n) is 18.6. The van der Waals surface area contributed by atoms with Gasteiger partial charge in [0, 0.05) is 19.3 Å². The first kappa shape index (κ1) is 23.4. The molecule has 1 saturated heterocycles. The van der Waals surface area contributed by atoms with Crippen LogP contribution in [0.3, 0.4) is 0 Å². The molecule has 1 aliphatic heterocycles. The maximum absolute atomic E-state index is 13.3. The van der Waals surface area contributed by atoms with Gasteiger partial charge in [-0.25, -0.2) is 9.18 Å². The molecular weight excluding hydrogens is 445 g/mol. The van der Waals surface area contributed by atoms with Crippen molar-refractivity contribution in [2.45, 2.75) is 19.9 Å². The monoisotopic (exact) mass is 469 g/mol. The number of benzene rings is 1. The normalized spacial score (nSPS) is 13.8. The zero-order valence-corrected chi connectivity index (χ0v) is 18.6. The van der Waals surface area contributed by atoms with Crippen LogP contribution < -0.4 is 5.56 Å². The van der Waals surface area contributed by atoms with Gasteiger partial charge in [0.25, 0.3) is 5.56 Å². The molecule has 1 amide bonds. The van der Waals surface area contributed by atoms with Crippen LogP contribution in [0.5, 0.6) is 5.75 Å². The lowest BCUT2D eigenvalue weighted by molar-refractivity contribution is -0.135. The molecule has 3 aromatic rings. The third kappa shape index (κ3) is 4.76. The highest BCUT2D eigenvalue weighted by molar-refractivity contribution is 5.98. The van der Waals surface area contributed by atoms with E-state index in [1.165, 1.54) is 18.3 Å². The fourth-order valence-electron chi connectivity index (χ4n) is 3.87. The second kappa shape index (κ2) is 10.0. The van der Waals surface area contributed by atoms with E-state index in [-0.39, 0.29) is 35.9 Å². The Balaban J connectivity index is 1.81. The molecule has 1 aliphatic rings. The molecule has 178 valence electrons. The Morgan fingerprint density at radius 2 is 1.88 bits per heavy atom. The Morgan fingerprint density at radius 3 is 2.56 bits per heavy atom. The van der Waals surface area contributed by atoms with E-state index in [1.807, 2.05) is 0 Å². The quantitative estimate of drug-likeness (QED) is 0.549. The first-order chi connectivity index (χ1) is 16.4. The van der Waals surface area contributed by atoms with Gasteiger partial charge in [-0.15, -0.1) is 0 Å². The van der Waals surface area contributed by atoms with E-state index in [0.717, 1.165) is 10.1 Å². The molecule has 9 nitrogen and oxygen atoms in total. The summed E-state index contributed by atoms with van der Waals surface area (Å²) in [4.78, 5) is 44.5. The third-order valence-electron chi connectivity index (χ3n) is 5.59. The number of hydrogen-bond acceptors (Lipinski definition) is 7. The molecule has 0 bridgehead atoms. The van der Waals surface area contributed by atoms with Gasteiger partial charge in [0.1, 0.15) is 17.9 Å². The van der Waals surface area contributed by atoms with Crippen LogP contribution in [0.15, 0.2) is 41.3 Å². The van der Waals surface area contributed by atoms with E-state index < -0.39 is 22.8 Å². The second-order valence-electron chi connectivity index (χ2n) is 7.84. The predicted molar refractivity (Wildman–Crippen MR) is 120 cm³/mol. The highest BCUT2D eigenvalue weighted by Gasteiger charge is 2.26. The highest BCUT2D eigenvalue weighted by Crippen LogP contribution is 2.26. The molecule has 4 rings (SSSR count). The number of fused-ring (bicyclic) bond motifs is 1. The summed E-state index contributed by atoms with van der Waals surface area (Å²) in [7, 11) is 0. The summed E-state index contributed by atoms with van der Waals surface area (Å²) < 4.78 is 24.6. The molecule has 2 aromatic heterocycles. The van der Waals surface area contributed by atoms with Crippen molar-refractivity contribution in [3.05, 3.63) is 69.4 Å². The van der Waals surface area contributed by atoms with Crippen molar-refractivity contribution in [2.24, 2.45) is 0 Å². The molecule has 1 N–H and O–H groups in total. The van der Waals surface area contributed by atoms with Gasteiger partial charge < -0.3 is 19.5 Å². The smallest absolute Gasteiger partial charge is 0.347 e.